The number of nitrogens with zero attached hydrogens (tertiary/aromatic N) is 4. The van der Waals surface area contributed by atoms with Crippen molar-refractivity contribution in [3.63, 3.8) is 0 Å². The lowest BCUT2D eigenvalue weighted by atomic mass is 10.1. The van der Waals surface area contributed by atoms with Crippen molar-refractivity contribution in [2.45, 2.75) is 19.5 Å². The third-order valence-corrected chi connectivity index (χ3v) is 4.31. The van der Waals surface area contributed by atoms with Crippen LogP contribution in [0.4, 0.5) is 0 Å². The number of aryl methyl sites for hydroxylation is 1. The number of amides is 1. The van der Waals surface area contributed by atoms with E-state index in [0.717, 1.165) is 10.0 Å². The molecule has 1 N–H and O–H groups in total. The van der Waals surface area contributed by atoms with Crippen LogP contribution < -0.4 is 10.9 Å². The Hall–Kier alpha value is -2.48. The van der Waals surface area contributed by atoms with Gasteiger partial charge in [-0.05, 0) is 24.6 Å². The maximum atomic E-state index is 12.4. The summed E-state index contributed by atoms with van der Waals surface area (Å²) in [6.07, 6.45) is 2.83. The van der Waals surface area contributed by atoms with Crippen LogP contribution in [0.25, 0.3) is 11.0 Å². The largest absolute Gasteiger partial charge is 0.348 e. The van der Waals surface area contributed by atoms with Crippen LogP contribution in [0.1, 0.15) is 18.5 Å². The molecule has 1 aromatic carbocycles. The number of carbonyl (C=O) groups is 1. The average Bonchev–Trinajstić information content (AvgIpc) is 2.92. The van der Waals surface area contributed by atoms with Gasteiger partial charge in [0.1, 0.15) is 18.3 Å². The molecule has 0 saturated heterocycles. The number of carbonyl (C=O) groups excluding carboxylic acids is 1. The van der Waals surface area contributed by atoms with Crippen LogP contribution in [0.5, 0.6) is 0 Å². The minimum Gasteiger partial charge on any atom is -0.348 e. The molecule has 8 heteroatoms. The first-order valence-electron chi connectivity index (χ1n) is 7.37. The van der Waals surface area contributed by atoms with Crippen LogP contribution >= 0.6 is 15.9 Å². The number of rotatable bonds is 4. The van der Waals surface area contributed by atoms with Crippen molar-refractivity contribution >= 4 is 32.9 Å². The van der Waals surface area contributed by atoms with Gasteiger partial charge in [-0.3, -0.25) is 18.8 Å². The van der Waals surface area contributed by atoms with E-state index < -0.39 is 0 Å². The Morgan fingerprint density at radius 3 is 2.75 bits per heavy atom. The summed E-state index contributed by atoms with van der Waals surface area (Å²) in [5.41, 5.74) is 1.21. The lowest BCUT2D eigenvalue weighted by Gasteiger charge is -2.15. The SMILES string of the molecule is CC(NC(=O)Cn1cnc2c(cnn2C)c1=O)c1ccc(Br)cc1. The van der Waals surface area contributed by atoms with Crippen LogP contribution in [0.2, 0.25) is 0 Å². The molecule has 7 nitrogen and oxygen atoms in total. The van der Waals surface area contributed by atoms with Crippen molar-refractivity contribution < 1.29 is 4.79 Å². The molecule has 0 aliphatic rings. The number of benzene rings is 1. The van der Waals surface area contributed by atoms with Gasteiger partial charge in [0, 0.05) is 11.5 Å². The third kappa shape index (κ3) is 3.23. The maximum Gasteiger partial charge on any atom is 0.264 e. The predicted octanol–water partition coefficient (Wildman–Crippen LogP) is 1.77. The van der Waals surface area contributed by atoms with Gasteiger partial charge in [-0.15, -0.1) is 0 Å². The number of aromatic nitrogens is 4. The lowest BCUT2D eigenvalue weighted by Crippen LogP contribution is -2.33. The molecule has 0 radical (unpaired) electrons. The molecule has 124 valence electrons. The molecule has 24 heavy (non-hydrogen) atoms. The molecular weight excluding hydrogens is 374 g/mol. The Balaban J connectivity index is 1.74. The van der Waals surface area contributed by atoms with Crippen LogP contribution in [0.15, 0.2) is 46.1 Å². The van der Waals surface area contributed by atoms with Crippen LogP contribution in [-0.2, 0) is 18.4 Å². The molecule has 0 fully saturated rings. The normalized spacial score (nSPS) is 12.3. The molecule has 2 heterocycles. The molecule has 3 rings (SSSR count). The summed E-state index contributed by atoms with van der Waals surface area (Å²) in [6.45, 7) is 1.81. The summed E-state index contributed by atoms with van der Waals surface area (Å²) in [6, 6.07) is 7.55. The van der Waals surface area contributed by atoms with Gasteiger partial charge in [0.05, 0.1) is 12.2 Å². The van der Waals surface area contributed by atoms with E-state index in [0.29, 0.717) is 11.0 Å². The van der Waals surface area contributed by atoms with E-state index in [-0.39, 0.29) is 24.1 Å². The first kappa shape index (κ1) is 16.4. The standard InChI is InChI=1S/C16H16BrN5O2/c1-10(11-3-5-12(17)6-4-11)20-14(23)8-22-9-18-15-13(16(22)24)7-19-21(15)2/h3-7,9-10H,8H2,1-2H3,(H,20,23). The van der Waals surface area contributed by atoms with Crippen molar-refractivity contribution in [3.05, 3.63) is 57.2 Å². The van der Waals surface area contributed by atoms with Gasteiger partial charge in [-0.2, -0.15) is 5.10 Å². The van der Waals surface area contributed by atoms with E-state index in [1.807, 2.05) is 31.2 Å². The summed E-state index contributed by atoms with van der Waals surface area (Å²) in [5, 5.41) is 7.29. The zero-order chi connectivity index (χ0) is 17.3. The van der Waals surface area contributed by atoms with Crippen molar-refractivity contribution in [2.75, 3.05) is 0 Å². The Bertz CT molecular complexity index is 945. The van der Waals surface area contributed by atoms with Crippen molar-refractivity contribution in [1.29, 1.82) is 0 Å². The van der Waals surface area contributed by atoms with Gasteiger partial charge in [-0.1, -0.05) is 28.1 Å². The Labute approximate surface area is 146 Å². The summed E-state index contributed by atoms with van der Waals surface area (Å²) in [4.78, 5) is 28.8. The first-order valence-corrected chi connectivity index (χ1v) is 8.17. The van der Waals surface area contributed by atoms with Gasteiger partial charge >= 0.3 is 0 Å². The number of hydrogen-bond acceptors (Lipinski definition) is 4. The molecule has 1 atom stereocenters. The van der Waals surface area contributed by atoms with E-state index in [1.54, 1.807) is 7.05 Å². The molecule has 3 aromatic rings. The second kappa shape index (κ2) is 6.56. The fourth-order valence-electron chi connectivity index (χ4n) is 2.46. The first-order chi connectivity index (χ1) is 11.5. The second-order valence-corrected chi connectivity index (χ2v) is 6.44. The Kier molecular flexibility index (Phi) is 4.48. The zero-order valence-corrected chi connectivity index (χ0v) is 14.8. The van der Waals surface area contributed by atoms with Gasteiger partial charge < -0.3 is 5.32 Å². The van der Waals surface area contributed by atoms with Gasteiger partial charge in [0.25, 0.3) is 5.56 Å². The topological polar surface area (TPSA) is 81.8 Å². The molecule has 0 spiro atoms. The maximum absolute atomic E-state index is 12.4. The minimum absolute atomic E-state index is 0.0858. The van der Waals surface area contributed by atoms with Gasteiger partial charge in [-0.25, -0.2) is 4.98 Å². The smallest absolute Gasteiger partial charge is 0.264 e. The third-order valence-electron chi connectivity index (χ3n) is 3.78. The van der Waals surface area contributed by atoms with Crippen LogP contribution in [-0.4, -0.2) is 25.2 Å². The van der Waals surface area contributed by atoms with Crippen molar-refractivity contribution in [3.8, 4) is 0 Å². The molecule has 0 saturated carbocycles. The van der Waals surface area contributed by atoms with Gasteiger partial charge in [0.2, 0.25) is 5.91 Å². The number of halogens is 1. The van der Waals surface area contributed by atoms with E-state index in [4.69, 9.17) is 0 Å². The molecule has 0 bridgehead atoms. The minimum atomic E-state index is -0.278. The summed E-state index contributed by atoms with van der Waals surface area (Å²) in [5.74, 6) is -0.252. The zero-order valence-electron chi connectivity index (χ0n) is 13.2. The van der Waals surface area contributed by atoms with Crippen molar-refractivity contribution in [1.82, 2.24) is 24.6 Å². The van der Waals surface area contributed by atoms with Crippen LogP contribution in [0, 0.1) is 0 Å². The fourth-order valence-corrected chi connectivity index (χ4v) is 2.72. The molecule has 2 aromatic heterocycles. The second-order valence-electron chi connectivity index (χ2n) is 5.52. The molecule has 0 aliphatic heterocycles. The number of nitrogens with one attached hydrogen (secondary N) is 1. The molecule has 1 unspecified atom stereocenters. The number of hydrogen-bond donors (Lipinski definition) is 1. The number of fused-ring (bicyclic) bond motifs is 1. The highest BCUT2D eigenvalue weighted by Crippen LogP contribution is 2.16. The average molecular weight is 390 g/mol. The summed E-state index contributed by atoms with van der Waals surface area (Å²) >= 11 is 3.38. The van der Waals surface area contributed by atoms with E-state index in [1.165, 1.54) is 21.8 Å². The highest BCUT2D eigenvalue weighted by Gasteiger charge is 2.13. The van der Waals surface area contributed by atoms with E-state index in [9.17, 15) is 9.59 Å². The Morgan fingerprint density at radius 2 is 2.04 bits per heavy atom. The van der Waals surface area contributed by atoms with E-state index >= 15 is 0 Å². The lowest BCUT2D eigenvalue weighted by molar-refractivity contribution is -0.122. The highest BCUT2D eigenvalue weighted by molar-refractivity contribution is 9.10. The monoisotopic (exact) mass is 389 g/mol. The molecule has 1 amide bonds. The molecular formula is C16H16BrN5O2. The van der Waals surface area contributed by atoms with E-state index in [2.05, 4.69) is 31.3 Å². The summed E-state index contributed by atoms with van der Waals surface area (Å²) in [7, 11) is 1.71. The Morgan fingerprint density at radius 1 is 1.33 bits per heavy atom. The summed E-state index contributed by atoms with van der Waals surface area (Å²) < 4.78 is 3.79. The van der Waals surface area contributed by atoms with Gasteiger partial charge in [0.15, 0.2) is 5.65 Å². The predicted molar refractivity (Wildman–Crippen MR) is 93.5 cm³/mol. The fraction of sp³-hybridized carbons (Fsp3) is 0.250. The quantitative estimate of drug-likeness (QED) is 0.736. The molecule has 0 aliphatic carbocycles. The van der Waals surface area contributed by atoms with Crippen molar-refractivity contribution in [2.24, 2.45) is 7.05 Å². The highest BCUT2D eigenvalue weighted by atomic mass is 79.9. The van der Waals surface area contributed by atoms with Crippen LogP contribution in [0.3, 0.4) is 0 Å².